The van der Waals surface area contributed by atoms with Gasteiger partial charge in [0.15, 0.2) is 5.84 Å². The van der Waals surface area contributed by atoms with Gasteiger partial charge < -0.3 is 15.8 Å². The molecule has 0 unspecified atom stereocenters. The SMILES string of the molecule is CCCN(CC1CC1)c1cccc(C(N)=NO)n1. The Morgan fingerprint density at radius 3 is 2.94 bits per heavy atom. The van der Waals surface area contributed by atoms with Crippen molar-refractivity contribution >= 4 is 11.7 Å². The molecule has 0 aromatic carbocycles. The van der Waals surface area contributed by atoms with E-state index >= 15 is 0 Å². The molecule has 1 aromatic heterocycles. The van der Waals surface area contributed by atoms with Gasteiger partial charge in [0, 0.05) is 13.1 Å². The van der Waals surface area contributed by atoms with E-state index in [1.807, 2.05) is 12.1 Å². The van der Waals surface area contributed by atoms with Crippen molar-refractivity contribution in [3.63, 3.8) is 0 Å². The molecule has 1 saturated carbocycles. The molecule has 5 heteroatoms. The molecule has 1 heterocycles. The van der Waals surface area contributed by atoms with Crippen LogP contribution in [0.5, 0.6) is 0 Å². The third kappa shape index (κ3) is 3.12. The van der Waals surface area contributed by atoms with Crippen LogP contribution in [0.3, 0.4) is 0 Å². The van der Waals surface area contributed by atoms with Gasteiger partial charge in [-0.2, -0.15) is 0 Å². The average molecular weight is 248 g/mol. The summed E-state index contributed by atoms with van der Waals surface area (Å²) in [5, 5.41) is 11.7. The number of oxime groups is 1. The maximum Gasteiger partial charge on any atom is 0.188 e. The standard InChI is InChI=1S/C13H20N4O/c1-2-8-17(9-10-6-7-10)12-5-3-4-11(15-12)13(14)16-18/h3-5,10,18H,2,6-9H2,1H3,(H2,14,16). The third-order valence-corrected chi connectivity index (χ3v) is 3.10. The summed E-state index contributed by atoms with van der Waals surface area (Å²) >= 11 is 0. The first-order chi connectivity index (χ1) is 8.74. The van der Waals surface area contributed by atoms with E-state index < -0.39 is 0 Å². The second kappa shape index (κ2) is 5.71. The van der Waals surface area contributed by atoms with E-state index in [2.05, 4.69) is 22.0 Å². The fourth-order valence-corrected chi connectivity index (χ4v) is 1.97. The molecular formula is C13H20N4O. The molecule has 2 rings (SSSR count). The Morgan fingerprint density at radius 2 is 2.33 bits per heavy atom. The predicted molar refractivity (Wildman–Crippen MR) is 72.0 cm³/mol. The first-order valence-electron chi connectivity index (χ1n) is 6.44. The highest BCUT2D eigenvalue weighted by atomic mass is 16.4. The van der Waals surface area contributed by atoms with Crippen LogP contribution < -0.4 is 10.6 Å². The topological polar surface area (TPSA) is 74.7 Å². The minimum Gasteiger partial charge on any atom is -0.409 e. The summed E-state index contributed by atoms with van der Waals surface area (Å²) in [5.41, 5.74) is 6.09. The Bertz CT molecular complexity index is 429. The summed E-state index contributed by atoms with van der Waals surface area (Å²) in [6.45, 7) is 4.21. The number of rotatable bonds is 6. The summed E-state index contributed by atoms with van der Waals surface area (Å²) in [6, 6.07) is 5.62. The van der Waals surface area contributed by atoms with Gasteiger partial charge in [-0.05, 0) is 37.3 Å². The van der Waals surface area contributed by atoms with Crippen LogP contribution in [-0.2, 0) is 0 Å². The number of anilines is 1. The minimum absolute atomic E-state index is 0.0553. The van der Waals surface area contributed by atoms with Crippen molar-refractivity contribution in [2.75, 3.05) is 18.0 Å². The van der Waals surface area contributed by atoms with Crippen LogP contribution in [0.4, 0.5) is 5.82 Å². The van der Waals surface area contributed by atoms with Crippen molar-refractivity contribution in [3.8, 4) is 0 Å². The Labute approximate surface area is 107 Å². The lowest BCUT2D eigenvalue weighted by molar-refractivity contribution is 0.318. The van der Waals surface area contributed by atoms with Crippen molar-refractivity contribution < 1.29 is 5.21 Å². The number of pyridine rings is 1. The smallest absolute Gasteiger partial charge is 0.188 e. The Balaban J connectivity index is 2.17. The molecule has 0 amide bonds. The van der Waals surface area contributed by atoms with Gasteiger partial charge in [-0.3, -0.25) is 0 Å². The van der Waals surface area contributed by atoms with E-state index in [0.717, 1.165) is 31.2 Å². The van der Waals surface area contributed by atoms with Gasteiger partial charge in [0.05, 0.1) is 0 Å². The minimum atomic E-state index is 0.0553. The van der Waals surface area contributed by atoms with Crippen molar-refractivity contribution in [2.45, 2.75) is 26.2 Å². The number of hydrogen-bond donors (Lipinski definition) is 2. The van der Waals surface area contributed by atoms with Crippen LogP contribution in [0.15, 0.2) is 23.4 Å². The summed E-state index contributed by atoms with van der Waals surface area (Å²) in [5.74, 6) is 1.78. The number of nitrogens with two attached hydrogens (primary N) is 1. The van der Waals surface area contributed by atoms with Gasteiger partial charge in [0.1, 0.15) is 11.5 Å². The lowest BCUT2D eigenvalue weighted by Crippen LogP contribution is -2.28. The highest BCUT2D eigenvalue weighted by molar-refractivity contribution is 5.95. The molecule has 5 nitrogen and oxygen atoms in total. The van der Waals surface area contributed by atoms with Crippen LogP contribution in [0.25, 0.3) is 0 Å². The molecule has 0 aliphatic heterocycles. The Kier molecular flexibility index (Phi) is 4.02. The maximum absolute atomic E-state index is 8.69. The second-order valence-corrected chi connectivity index (χ2v) is 4.76. The van der Waals surface area contributed by atoms with E-state index in [4.69, 9.17) is 10.9 Å². The van der Waals surface area contributed by atoms with Crippen molar-refractivity contribution in [1.29, 1.82) is 0 Å². The molecule has 0 bridgehead atoms. The number of nitrogens with zero attached hydrogens (tertiary/aromatic N) is 3. The molecule has 0 saturated heterocycles. The summed E-state index contributed by atoms with van der Waals surface area (Å²) in [7, 11) is 0. The number of hydrogen-bond acceptors (Lipinski definition) is 4. The van der Waals surface area contributed by atoms with Crippen LogP contribution in [0, 0.1) is 5.92 Å². The fourth-order valence-electron chi connectivity index (χ4n) is 1.97. The molecule has 1 aromatic rings. The van der Waals surface area contributed by atoms with E-state index in [0.29, 0.717) is 5.69 Å². The van der Waals surface area contributed by atoms with E-state index in [-0.39, 0.29) is 5.84 Å². The highest BCUT2D eigenvalue weighted by Crippen LogP contribution is 2.31. The summed E-state index contributed by atoms with van der Waals surface area (Å²) < 4.78 is 0. The largest absolute Gasteiger partial charge is 0.409 e. The summed E-state index contributed by atoms with van der Waals surface area (Å²) in [4.78, 5) is 6.74. The summed E-state index contributed by atoms with van der Waals surface area (Å²) in [6.07, 6.45) is 3.72. The van der Waals surface area contributed by atoms with Crippen molar-refractivity contribution in [3.05, 3.63) is 23.9 Å². The fraction of sp³-hybridized carbons (Fsp3) is 0.538. The zero-order valence-corrected chi connectivity index (χ0v) is 10.7. The van der Waals surface area contributed by atoms with Gasteiger partial charge >= 0.3 is 0 Å². The van der Waals surface area contributed by atoms with Gasteiger partial charge in [-0.15, -0.1) is 0 Å². The Morgan fingerprint density at radius 1 is 1.56 bits per heavy atom. The third-order valence-electron chi connectivity index (χ3n) is 3.10. The molecule has 0 radical (unpaired) electrons. The van der Waals surface area contributed by atoms with Crippen LogP contribution >= 0.6 is 0 Å². The van der Waals surface area contributed by atoms with Gasteiger partial charge in [-0.25, -0.2) is 4.98 Å². The van der Waals surface area contributed by atoms with Gasteiger partial charge in [0.25, 0.3) is 0 Å². The predicted octanol–water partition coefficient (Wildman–Crippen LogP) is 1.80. The van der Waals surface area contributed by atoms with Crippen LogP contribution in [0.1, 0.15) is 31.9 Å². The first kappa shape index (κ1) is 12.7. The molecule has 0 spiro atoms. The molecular weight excluding hydrogens is 228 g/mol. The molecule has 0 atom stereocenters. The number of amidine groups is 1. The normalized spacial score (nSPS) is 15.7. The molecule has 1 fully saturated rings. The van der Waals surface area contributed by atoms with Crippen LogP contribution in [-0.4, -0.2) is 29.1 Å². The number of aromatic nitrogens is 1. The molecule has 18 heavy (non-hydrogen) atoms. The van der Waals surface area contributed by atoms with Crippen LogP contribution in [0.2, 0.25) is 0 Å². The quantitative estimate of drug-likeness (QED) is 0.348. The van der Waals surface area contributed by atoms with E-state index in [1.165, 1.54) is 12.8 Å². The van der Waals surface area contributed by atoms with Crippen molar-refractivity contribution in [2.24, 2.45) is 16.8 Å². The van der Waals surface area contributed by atoms with Gasteiger partial charge in [-0.1, -0.05) is 18.1 Å². The van der Waals surface area contributed by atoms with E-state index in [9.17, 15) is 0 Å². The average Bonchev–Trinajstić information content (AvgIpc) is 3.21. The molecule has 3 N–H and O–H groups in total. The van der Waals surface area contributed by atoms with Gasteiger partial charge in [0.2, 0.25) is 0 Å². The highest BCUT2D eigenvalue weighted by Gasteiger charge is 2.24. The molecule has 98 valence electrons. The van der Waals surface area contributed by atoms with Crippen molar-refractivity contribution in [1.82, 2.24) is 4.98 Å². The zero-order valence-electron chi connectivity index (χ0n) is 10.7. The lowest BCUT2D eigenvalue weighted by Gasteiger charge is -2.23. The zero-order chi connectivity index (χ0) is 13.0. The Hall–Kier alpha value is -1.78. The second-order valence-electron chi connectivity index (χ2n) is 4.76. The maximum atomic E-state index is 8.69. The van der Waals surface area contributed by atoms with E-state index in [1.54, 1.807) is 6.07 Å². The molecule has 1 aliphatic carbocycles. The molecule has 1 aliphatic rings. The monoisotopic (exact) mass is 248 g/mol. The first-order valence-corrected chi connectivity index (χ1v) is 6.44. The lowest BCUT2D eigenvalue weighted by atomic mass is 10.3.